The van der Waals surface area contributed by atoms with Gasteiger partial charge in [0.15, 0.2) is 0 Å². The van der Waals surface area contributed by atoms with Gasteiger partial charge in [0.1, 0.15) is 6.10 Å². The van der Waals surface area contributed by atoms with E-state index in [0.29, 0.717) is 16.4 Å². The van der Waals surface area contributed by atoms with Crippen molar-refractivity contribution >= 4 is 5.97 Å². The minimum atomic E-state index is -0.178. The lowest BCUT2D eigenvalue weighted by Crippen LogP contribution is -2.51. The van der Waals surface area contributed by atoms with Crippen LogP contribution in [0.2, 0.25) is 0 Å². The van der Waals surface area contributed by atoms with Crippen molar-refractivity contribution < 1.29 is 9.53 Å². The first-order valence-electron chi connectivity index (χ1n) is 15.2. The van der Waals surface area contributed by atoms with Crippen LogP contribution in [0, 0.1) is 46.3 Å². The number of hydrogen-bond acceptors (Lipinski definition) is 2. The molecule has 1 aromatic carbocycles. The average molecular weight is 491 g/mol. The van der Waals surface area contributed by atoms with Crippen LogP contribution < -0.4 is 0 Å². The quantitative estimate of drug-likeness (QED) is 0.281. The molecule has 5 rings (SSSR count). The third-order valence-electron chi connectivity index (χ3n) is 11.5. The fourth-order valence-corrected chi connectivity index (χ4v) is 9.59. The van der Waals surface area contributed by atoms with Gasteiger partial charge in [0.05, 0.1) is 5.56 Å². The normalized spacial score (nSPS) is 38.5. The number of carbonyl (C=O) groups is 1. The summed E-state index contributed by atoms with van der Waals surface area (Å²) in [6.07, 6.45) is 17.0. The zero-order chi connectivity index (χ0) is 25.5. The Bertz CT molecular complexity index is 947. The van der Waals surface area contributed by atoms with Gasteiger partial charge in [-0.1, -0.05) is 77.7 Å². The predicted octanol–water partition coefficient (Wildman–Crippen LogP) is 9.25. The molecule has 36 heavy (non-hydrogen) atoms. The molecular formula is C34H50O2. The zero-order valence-corrected chi connectivity index (χ0v) is 23.6. The lowest BCUT2D eigenvalue weighted by molar-refractivity contribution is -0.0635. The SMILES string of the molecule is CC(C)CCC[C@H](C)[C@H]1CC[C@H]2[C@@H]3CCC4=C[C@@H](OC(=O)c5ccccc5)CC[C@]4(C)[C@H]3CC[C@]12C. The Kier molecular flexibility index (Phi) is 7.45. The number of esters is 1. The molecule has 0 aliphatic heterocycles. The number of hydrogen-bond donors (Lipinski definition) is 0. The van der Waals surface area contributed by atoms with E-state index >= 15 is 0 Å². The van der Waals surface area contributed by atoms with Crippen molar-refractivity contribution in [3.8, 4) is 0 Å². The molecule has 4 aliphatic carbocycles. The molecule has 0 heterocycles. The van der Waals surface area contributed by atoms with Gasteiger partial charge in [-0.2, -0.15) is 0 Å². The van der Waals surface area contributed by atoms with E-state index in [0.717, 1.165) is 41.9 Å². The van der Waals surface area contributed by atoms with Gasteiger partial charge in [-0.25, -0.2) is 4.79 Å². The summed E-state index contributed by atoms with van der Waals surface area (Å²) in [7, 11) is 0. The Balaban J connectivity index is 1.26. The third kappa shape index (κ3) is 4.71. The molecule has 0 unspecified atom stereocenters. The second-order valence-corrected chi connectivity index (χ2v) is 13.9. The molecule has 0 aromatic heterocycles. The molecule has 4 aliphatic rings. The number of rotatable bonds is 7. The fourth-order valence-electron chi connectivity index (χ4n) is 9.59. The third-order valence-corrected chi connectivity index (χ3v) is 11.5. The molecule has 3 fully saturated rings. The van der Waals surface area contributed by atoms with Crippen LogP contribution in [0.4, 0.5) is 0 Å². The molecule has 0 spiro atoms. The van der Waals surface area contributed by atoms with Crippen LogP contribution in [-0.2, 0) is 4.74 Å². The Morgan fingerprint density at radius 1 is 0.944 bits per heavy atom. The van der Waals surface area contributed by atoms with Gasteiger partial charge in [0, 0.05) is 0 Å². The molecule has 8 atom stereocenters. The first-order chi connectivity index (χ1) is 17.2. The standard InChI is InChI=1S/C34H50O2/c1-23(2)10-9-11-24(3)29-16-17-30-28-15-14-26-22-27(36-32(35)25-12-7-6-8-13-25)18-20-33(26,4)31(28)19-21-34(29,30)5/h6-8,12-13,22-24,27-31H,9-11,14-21H2,1-5H3/t24-,27-,28-,29+,30-,31-,33-,34+/m0/s1. The van der Waals surface area contributed by atoms with Crippen molar-refractivity contribution in [1.82, 2.24) is 0 Å². The van der Waals surface area contributed by atoms with Gasteiger partial charge in [-0.3, -0.25) is 0 Å². The minimum absolute atomic E-state index is 0.0614. The highest BCUT2D eigenvalue weighted by molar-refractivity contribution is 5.89. The van der Waals surface area contributed by atoms with Gasteiger partial charge in [0.25, 0.3) is 0 Å². The monoisotopic (exact) mass is 490 g/mol. The van der Waals surface area contributed by atoms with Crippen molar-refractivity contribution in [1.29, 1.82) is 0 Å². The van der Waals surface area contributed by atoms with Crippen molar-refractivity contribution in [3.05, 3.63) is 47.5 Å². The predicted molar refractivity (Wildman–Crippen MR) is 149 cm³/mol. The van der Waals surface area contributed by atoms with Crippen LogP contribution in [0.3, 0.4) is 0 Å². The number of ether oxygens (including phenoxy) is 1. The molecule has 198 valence electrons. The summed E-state index contributed by atoms with van der Waals surface area (Å²) >= 11 is 0. The Hall–Kier alpha value is -1.57. The largest absolute Gasteiger partial charge is 0.455 e. The maximum absolute atomic E-state index is 12.7. The van der Waals surface area contributed by atoms with Crippen molar-refractivity contribution in [2.75, 3.05) is 0 Å². The summed E-state index contributed by atoms with van der Waals surface area (Å²) in [5.74, 6) is 5.08. The average Bonchev–Trinajstić information content (AvgIpc) is 3.22. The number of benzene rings is 1. The van der Waals surface area contributed by atoms with Crippen LogP contribution in [0.25, 0.3) is 0 Å². The second kappa shape index (κ2) is 10.3. The molecule has 2 nitrogen and oxygen atoms in total. The second-order valence-electron chi connectivity index (χ2n) is 13.9. The highest BCUT2D eigenvalue weighted by atomic mass is 16.5. The van der Waals surface area contributed by atoms with Crippen molar-refractivity contribution in [2.24, 2.45) is 46.3 Å². The Morgan fingerprint density at radius 3 is 2.47 bits per heavy atom. The van der Waals surface area contributed by atoms with E-state index in [2.05, 4.69) is 40.7 Å². The molecule has 0 N–H and O–H groups in total. The lowest BCUT2D eigenvalue weighted by atomic mass is 9.46. The highest BCUT2D eigenvalue weighted by Gasteiger charge is 2.59. The summed E-state index contributed by atoms with van der Waals surface area (Å²) in [5, 5.41) is 0. The molecule has 0 bridgehead atoms. The van der Waals surface area contributed by atoms with Crippen LogP contribution in [0.1, 0.15) is 116 Å². The topological polar surface area (TPSA) is 26.3 Å². The fraction of sp³-hybridized carbons (Fsp3) is 0.735. The maximum atomic E-state index is 12.7. The van der Waals surface area contributed by atoms with Gasteiger partial charge in [-0.15, -0.1) is 0 Å². The number of fused-ring (bicyclic) bond motifs is 5. The number of carbonyl (C=O) groups excluding carboxylic acids is 1. The summed E-state index contributed by atoms with van der Waals surface area (Å²) in [4.78, 5) is 12.7. The van der Waals surface area contributed by atoms with E-state index < -0.39 is 0 Å². The molecule has 3 saturated carbocycles. The minimum Gasteiger partial charge on any atom is -0.455 e. The molecule has 0 saturated heterocycles. The van der Waals surface area contributed by atoms with E-state index in [1.807, 2.05) is 30.3 Å². The van der Waals surface area contributed by atoms with Gasteiger partial charge in [-0.05, 0) is 116 Å². The molecule has 0 radical (unpaired) electrons. The van der Waals surface area contributed by atoms with Crippen LogP contribution >= 0.6 is 0 Å². The summed E-state index contributed by atoms with van der Waals surface area (Å²) in [5.41, 5.74) is 3.12. The van der Waals surface area contributed by atoms with Crippen LogP contribution in [0.15, 0.2) is 42.0 Å². The smallest absolute Gasteiger partial charge is 0.338 e. The summed E-state index contributed by atoms with van der Waals surface area (Å²) in [6, 6.07) is 9.47. The number of allylic oxidation sites excluding steroid dienone is 1. The molecule has 2 heteroatoms. The lowest BCUT2D eigenvalue weighted by Gasteiger charge is -2.59. The van der Waals surface area contributed by atoms with E-state index in [4.69, 9.17) is 4.74 Å². The molecule has 1 aromatic rings. The first kappa shape index (κ1) is 26.1. The molecule has 0 amide bonds. The van der Waals surface area contributed by atoms with E-state index in [1.54, 1.807) is 5.57 Å². The van der Waals surface area contributed by atoms with Crippen molar-refractivity contribution in [3.63, 3.8) is 0 Å². The van der Waals surface area contributed by atoms with Gasteiger partial charge >= 0.3 is 5.97 Å². The van der Waals surface area contributed by atoms with Gasteiger partial charge < -0.3 is 4.74 Å². The Morgan fingerprint density at radius 2 is 1.72 bits per heavy atom. The van der Waals surface area contributed by atoms with E-state index in [9.17, 15) is 4.79 Å². The summed E-state index contributed by atoms with van der Waals surface area (Å²) < 4.78 is 5.96. The van der Waals surface area contributed by atoms with Gasteiger partial charge in [0.2, 0.25) is 0 Å². The Labute approximate surface area is 220 Å². The summed E-state index contributed by atoms with van der Waals surface area (Å²) in [6.45, 7) is 12.6. The van der Waals surface area contributed by atoms with E-state index in [-0.39, 0.29) is 12.1 Å². The zero-order valence-electron chi connectivity index (χ0n) is 23.6. The first-order valence-corrected chi connectivity index (χ1v) is 15.2. The van der Waals surface area contributed by atoms with Crippen LogP contribution in [-0.4, -0.2) is 12.1 Å². The van der Waals surface area contributed by atoms with E-state index in [1.165, 1.54) is 64.2 Å². The van der Waals surface area contributed by atoms with Crippen LogP contribution in [0.5, 0.6) is 0 Å². The van der Waals surface area contributed by atoms with Crippen molar-refractivity contribution in [2.45, 2.75) is 111 Å². The highest BCUT2D eigenvalue weighted by Crippen LogP contribution is 2.67. The maximum Gasteiger partial charge on any atom is 0.338 e. The molecular weight excluding hydrogens is 440 g/mol.